The molecule has 0 aliphatic heterocycles. The van der Waals surface area contributed by atoms with E-state index in [1.165, 1.54) is 12.3 Å². The molecule has 0 amide bonds. The molecule has 2 aromatic rings. The summed E-state index contributed by atoms with van der Waals surface area (Å²) in [6, 6.07) is 1.21. The van der Waals surface area contributed by atoms with E-state index in [0.29, 0.717) is 0 Å². The van der Waals surface area contributed by atoms with Crippen molar-refractivity contribution in [3.63, 3.8) is 0 Å². The van der Waals surface area contributed by atoms with Crippen molar-refractivity contribution in [3.05, 3.63) is 47.5 Å². The van der Waals surface area contributed by atoms with Gasteiger partial charge in [0.1, 0.15) is 0 Å². The molecule has 84 valence electrons. The highest BCUT2D eigenvalue weighted by molar-refractivity contribution is 5.64. The molecule has 0 saturated heterocycles. The van der Waals surface area contributed by atoms with Crippen molar-refractivity contribution in [3.8, 4) is 11.1 Å². The first kappa shape index (κ1) is 10.7. The van der Waals surface area contributed by atoms with E-state index < -0.39 is 34.6 Å². The van der Waals surface area contributed by atoms with Crippen LogP contribution in [0.3, 0.4) is 0 Å². The van der Waals surface area contributed by atoms with Crippen molar-refractivity contribution < 1.29 is 22.0 Å². The summed E-state index contributed by atoms with van der Waals surface area (Å²) in [5.41, 5.74) is -1.04. The molecular formula is C10H4F5N. The zero-order valence-electron chi connectivity index (χ0n) is 7.62. The lowest BCUT2D eigenvalue weighted by Crippen LogP contribution is -2.03. The van der Waals surface area contributed by atoms with Gasteiger partial charge in [0.2, 0.25) is 5.82 Å². The summed E-state index contributed by atoms with van der Waals surface area (Å²) in [7, 11) is 0. The molecule has 0 aliphatic carbocycles. The van der Waals surface area contributed by atoms with Crippen LogP contribution in [0.25, 0.3) is 11.1 Å². The Labute approximate surface area is 86.5 Å². The SMILES string of the molecule is Fc1c(F)c(F)c(-c2cc[nH]c2)c(F)c1F. The topological polar surface area (TPSA) is 15.8 Å². The summed E-state index contributed by atoms with van der Waals surface area (Å²) in [5.74, 6) is -9.73. The maximum Gasteiger partial charge on any atom is 0.200 e. The van der Waals surface area contributed by atoms with E-state index in [0.717, 1.165) is 6.20 Å². The molecule has 0 spiro atoms. The van der Waals surface area contributed by atoms with Gasteiger partial charge in [-0.05, 0) is 6.07 Å². The van der Waals surface area contributed by atoms with E-state index in [9.17, 15) is 22.0 Å². The van der Waals surface area contributed by atoms with Crippen LogP contribution in [0, 0.1) is 29.1 Å². The predicted molar refractivity (Wildman–Crippen MR) is 46.0 cm³/mol. The third-order valence-corrected chi connectivity index (χ3v) is 2.10. The Kier molecular flexibility index (Phi) is 2.41. The van der Waals surface area contributed by atoms with Gasteiger partial charge in [-0.2, -0.15) is 0 Å². The number of hydrogen-bond donors (Lipinski definition) is 1. The summed E-state index contributed by atoms with van der Waals surface area (Å²) in [6.07, 6.45) is 2.45. The zero-order chi connectivity index (χ0) is 11.9. The van der Waals surface area contributed by atoms with Gasteiger partial charge in [-0.1, -0.05) is 0 Å². The van der Waals surface area contributed by atoms with Gasteiger partial charge in [0.05, 0.1) is 5.56 Å². The minimum Gasteiger partial charge on any atom is -0.367 e. The van der Waals surface area contributed by atoms with Crippen molar-refractivity contribution in [2.24, 2.45) is 0 Å². The fraction of sp³-hybridized carbons (Fsp3) is 0. The number of aromatic nitrogens is 1. The van der Waals surface area contributed by atoms with Gasteiger partial charge in [0, 0.05) is 18.0 Å². The Bertz CT molecular complexity index is 504. The van der Waals surface area contributed by atoms with Gasteiger partial charge < -0.3 is 4.98 Å². The molecule has 2 rings (SSSR count). The van der Waals surface area contributed by atoms with Gasteiger partial charge in [-0.3, -0.25) is 0 Å². The lowest BCUT2D eigenvalue weighted by molar-refractivity contribution is 0.381. The second-order valence-corrected chi connectivity index (χ2v) is 3.04. The first-order valence-corrected chi connectivity index (χ1v) is 4.18. The van der Waals surface area contributed by atoms with Crippen LogP contribution in [0.2, 0.25) is 0 Å². The zero-order valence-corrected chi connectivity index (χ0v) is 7.62. The van der Waals surface area contributed by atoms with Gasteiger partial charge in [-0.15, -0.1) is 0 Å². The standard InChI is InChI=1S/C10H4F5N/c11-6-5(4-1-2-16-3-4)7(12)9(14)10(15)8(6)13/h1-3,16H. The Morgan fingerprint density at radius 2 is 1.25 bits per heavy atom. The summed E-state index contributed by atoms with van der Waals surface area (Å²) >= 11 is 0. The van der Waals surface area contributed by atoms with Crippen molar-refractivity contribution in [2.45, 2.75) is 0 Å². The quantitative estimate of drug-likeness (QED) is 0.441. The van der Waals surface area contributed by atoms with Crippen LogP contribution in [-0.2, 0) is 0 Å². The minimum absolute atomic E-state index is 0.104. The molecule has 1 nitrogen and oxygen atoms in total. The third-order valence-electron chi connectivity index (χ3n) is 2.10. The van der Waals surface area contributed by atoms with Crippen LogP contribution in [0.1, 0.15) is 0 Å². The molecule has 6 heteroatoms. The average molecular weight is 233 g/mol. The van der Waals surface area contributed by atoms with E-state index in [1.807, 2.05) is 0 Å². The molecule has 16 heavy (non-hydrogen) atoms. The average Bonchev–Trinajstić information content (AvgIpc) is 2.77. The van der Waals surface area contributed by atoms with Crippen molar-refractivity contribution in [2.75, 3.05) is 0 Å². The van der Waals surface area contributed by atoms with E-state index >= 15 is 0 Å². The molecule has 1 aromatic heterocycles. The maximum absolute atomic E-state index is 13.2. The van der Waals surface area contributed by atoms with Gasteiger partial charge >= 0.3 is 0 Å². The van der Waals surface area contributed by atoms with E-state index in [4.69, 9.17) is 0 Å². The lowest BCUT2D eigenvalue weighted by atomic mass is 10.1. The molecule has 0 fully saturated rings. The fourth-order valence-corrected chi connectivity index (χ4v) is 1.34. The first-order chi connectivity index (χ1) is 7.54. The van der Waals surface area contributed by atoms with Crippen LogP contribution in [0.4, 0.5) is 22.0 Å². The van der Waals surface area contributed by atoms with Crippen LogP contribution >= 0.6 is 0 Å². The lowest BCUT2D eigenvalue weighted by Gasteiger charge is -2.06. The molecule has 0 bridgehead atoms. The third kappa shape index (κ3) is 1.37. The fourth-order valence-electron chi connectivity index (χ4n) is 1.34. The van der Waals surface area contributed by atoms with Gasteiger partial charge in [0.15, 0.2) is 23.3 Å². The molecule has 1 aromatic carbocycles. The molecule has 0 aliphatic rings. The minimum atomic E-state index is -2.16. The van der Waals surface area contributed by atoms with E-state index in [2.05, 4.69) is 4.98 Å². The maximum atomic E-state index is 13.2. The highest BCUT2D eigenvalue weighted by atomic mass is 19.2. The first-order valence-electron chi connectivity index (χ1n) is 4.18. The predicted octanol–water partition coefficient (Wildman–Crippen LogP) is 3.38. The molecule has 0 unspecified atom stereocenters. The van der Waals surface area contributed by atoms with Crippen LogP contribution < -0.4 is 0 Å². The molecule has 0 atom stereocenters. The van der Waals surface area contributed by atoms with E-state index in [1.54, 1.807) is 0 Å². The summed E-state index contributed by atoms with van der Waals surface area (Å²) in [5, 5.41) is 0. The molecule has 1 heterocycles. The molecule has 1 N–H and O–H groups in total. The Balaban J connectivity index is 2.81. The second-order valence-electron chi connectivity index (χ2n) is 3.04. The number of rotatable bonds is 1. The van der Waals surface area contributed by atoms with Gasteiger partial charge in [-0.25, -0.2) is 22.0 Å². The highest BCUT2D eigenvalue weighted by Gasteiger charge is 2.26. The smallest absolute Gasteiger partial charge is 0.200 e. The van der Waals surface area contributed by atoms with Crippen LogP contribution in [-0.4, -0.2) is 4.98 Å². The largest absolute Gasteiger partial charge is 0.367 e. The van der Waals surface area contributed by atoms with Crippen molar-refractivity contribution in [1.82, 2.24) is 4.98 Å². The number of aromatic amines is 1. The van der Waals surface area contributed by atoms with Crippen molar-refractivity contribution in [1.29, 1.82) is 0 Å². The highest BCUT2D eigenvalue weighted by Crippen LogP contribution is 2.30. The van der Waals surface area contributed by atoms with Crippen molar-refractivity contribution >= 4 is 0 Å². The molecule has 0 radical (unpaired) electrons. The number of nitrogens with one attached hydrogen (secondary N) is 1. The molecule has 0 saturated carbocycles. The number of benzene rings is 1. The number of halogens is 5. The summed E-state index contributed by atoms with van der Waals surface area (Å²) in [4.78, 5) is 2.46. The van der Waals surface area contributed by atoms with Crippen LogP contribution in [0.15, 0.2) is 18.5 Å². The Morgan fingerprint density at radius 1 is 0.750 bits per heavy atom. The Hall–Kier alpha value is -1.85. The molecular weight excluding hydrogens is 229 g/mol. The summed E-state index contributed by atoms with van der Waals surface area (Å²) in [6.45, 7) is 0. The number of hydrogen-bond acceptors (Lipinski definition) is 0. The van der Waals surface area contributed by atoms with Gasteiger partial charge in [0.25, 0.3) is 0 Å². The second kappa shape index (κ2) is 3.62. The number of H-pyrrole nitrogens is 1. The summed E-state index contributed by atoms with van der Waals surface area (Å²) < 4.78 is 64.8. The van der Waals surface area contributed by atoms with E-state index in [-0.39, 0.29) is 5.56 Å². The normalized spacial score (nSPS) is 10.8. The monoisotopic (exact) mass is 233 g/mol. The Morgan fingerprint density at radius 3 is 1.69 bits per heavy atom. The van der Waals surface area contributed by atoms with Crippen LogP contribution in [0.5, 0.6) is 0 Å².